The lowest BCUT2D eigenvalue weighted by molar-refractivity contribution is -0.118. The molecular weight excluding hydrogens is 444 g/mol. The van der Waals surface area contributed by atoms with E-state index in [0.717, 1.165) is 5.56 Å². The molecule has 3 aromatic carbocycles. The predicted octanol–water partition coefficient (Wildman–Crippen LogP) is 3.54. The van der Waals surface area contributed by atoms with Gasteiger partial charge >= 0.3 is 0 Å². The van der Waals surface area contributed by atoms with Crippen molar-refractivity contribution in [1.29, 1.82) is 0 Å². The third kappa shape index (κ3) is 6.24. The lowest BCUT2D eigenvalue weighted by Crippen LogP contribution is -2.26. The van der Waals surface area contributed by atoms with Gasteiger partial charge in [-0.1, -0.05) is 30.3 Å². The van der Waals surface area contributed by atoms with Crippen LogP contribution in [0.1, 0.15) is 5.56 Å². The molecule has 0 bridgehead atoms. The van der Waals surface area contributed by atoms with Crippen molar-refractivity contribution in [3.8, 4) is 17.2 Å². The third-order valence-electron chi connectivity index (χ3n) is 4.82. The van der Waals surface area contributed by atoms with E-state index in [0.29, 0.717) is 22.9 Å². The molecule has 0 radical (unpaired) electrons. The van der Waals surface area contributed by atoms with Gasteiger partial charge in [-0.25, -0.2) is 8.42 Å². The average molecular weight is 471 g/mol. The number of nitrogens with zero attached hydrogens (tertiary/aromatic N) is 1. The predicted molar refractivity (Wildman–Crippen MR) is 125 cm³/mol. The second kappa shape index (κ2) is 10.8. The molecule has 0 aliphatic carbocycles. The minimum absolute atomic E-state index is 0.142. The van der Waals surface area contributed by atoms with Gasteiger partial charge < -0.3 is 19.5 Å². The van der Waals surface area contributed by atoms with Gasteiger partial charge in [0.2, 0.25) is 10.0 Å². The number of rotatable bonds is 10. The number of benzene rings is 3. The molecule has 174 valence electrons. The Morgan fingerprint density at radius 1 is 0.909 bits per heavy atom. The smallest absolute Gasteiger partial charge is 0.262 e. The fourth-order valence-electron chi connectivity index (χ4n) is 3.07. The maximum Gasteiger partial charge on any atom is 0.262 e. The van der Waals surface area contributed by atoms with Crippen molar-refractivity contribution in [2.75, 3.05) is 33.2 Å². The molecular formula is C24H26N2O6S. The van der Waals surface area contributed by atoms with Crippen LogP contribution in [0, 0.1) is 0 Å². The van der Waals surface area contributed by atoms with E-state index in [1.807, 2.05) is 30.3 Å². The zero-order chi connectivity index (χ0) is 23.8. The lowest BCUT2D eigenvalue weighted by Gasteiger charge is -2.17. The van der Waals surface area contributed by atoms with Gasteiger partial charge in [0.15, 0.2) is 18.1 Å². The molecule has 0 heterocycles. The Morgan fingerprint density at radius 2 is 1.58 bits per heavy atom. The number of carbonyl (C=O) groups is 1. The molecule has 33 heavy (non-hydrogen) atoms. The second-order valence-electron chi connectivity index (χ2n) is 7.12. The van der Waals surface area contributed by atoms with Crippen molar-refractivity contribution in [3.63, 3.8) is 0 Å². The number of methoxy groups -OCH3 is 2. The summed E-state index contributed by atoms with van der Waals surface area (Å²) in [5.41, 5.74) is 1.42. The molecule has 3 rings (SSSR count). The van der Waals surface area contributed by atoms with Crippen molar-refractivity contribution >= 4 is 21.6 Å². The first kappa shape index (κ1) is 24.1. The Bertz CT molecular complexity index is 1180. The molecule has 0 spiro atoms. The molecule has 0 atom stereocenters. The Hall–Kier alpha value is -3.56. The van der Waals surface area contributed by atoms with E-state index in [-0.39, 0.29) is 24.0 Å². The summed E-state index contributed by atoms with van der Waals surface area (Å²) in [6, 6.07) is 20.3. The highest BCUT2D eigenvalue weighted by Gasteiger charge is 2.21. The van der Waals surface area contributed by atoms with Gasteiger partial charge in [0.1, 0.15) is 5.75 Å². The van der Waals surface area contributed by atoms with Crippen LogP contribution < -0.4 is 19.5 Å². The second-order valence-corrected chi connectivity index (χ2v) is 9.17. The molecule has 1 amide bonds. The van der Waals surface area contributed by atoms with E-state index in [1.54, 1.807) is 18.2 Å². The van der Waals surface area contributed by atoms with Crippen LogP contribution in [0.4, 0.5) is 5.69 Å². The van der Waals surface area contributed by atoms with Crippen LogP contribution in [-0.2, 0) is 21.4 Å². The number of nitrogens with one attached hydrogen (secondary N) is 1. The highest BCUT2D eigenvalue weighted by atomic mass is 32.2. The van der Waals surface area contributed by atoms with Gasteiger partial charge in [-0.05, 0) is 42.0 Å². The zero-order valence-electron chi connectivity index (χ0n) is 18.6. The fourth-order valence-corrected chi connectivity index (χ4v) is 4.23. The third-order valence-corrected chi connectivity index (χ3v) is 6.63. The Kier molecular flexibility index (Phi) is 7.92. The van der Waals surface area contributed by atoms with E-state index in [9.17, 15) is 13.2 Å². The van der Waals surface area contributed by atoms with Crippen LogP contribution >= 0.6 is 0 Å². The number of anilines is 1. The molecule has 3 aromatic rings. The number of amides is 1. The van der Waals surface area contributed by atoms with Gasteiger partial charge in [0.25, 0.3) is 5.91 Å². The van der Waals surface area contributed by atoms with Gasteiger partial charge in [-0.15, -0.1) is 0 Å². The fraction of sp³-hybridized carbons (Fsp3) is 0.208. The first-order valence-electron chi connectivity index (χ1n) is 10.1. The zero-order valence-corrected chi connectivity index (χ0v) is 19.5. The Labute approximate surface area is 193 Å². The first-order valence-corrected chi connectivity index (χ1v) is 11.5. The van der Waals surface area contributed by atoms with Crippen molar-refractivity contribution in [3.05, 3.63) is 78.4 Å². The molecule has 8 nitrogen and oxygen atoms in total. The molecule has 0 saturated heterocycles. The molecule has 0 saturated carbocycles. The summed E-state index contributed by atoms with van der Waals surface area (Å²) in [4.78, 5) is 12.4. The summed E-state index contributed by atoms with van der Waals surface area (Å²) in [6.45, 7) is 0.0199. The standard InChI is InChI=1S/C24H26N2O6S/c1-26(16-18-7-5-4-6-8-18)33(28,29)21-12-10-20(11-13-21)32-17-24(27)25-19-9-14-22(30-2)23(15-19)31-3/h4-15H,16-17H2,1-3H3,(H,25,27). The van der Waals surface area contributed by atoms with Gasteiger partial charge in [0, 0.05) is 25.3 Å². The average Bonchev–Trinajstić information content (AvgIpc) is 2.83. The Morgan fingerprint density at radius 3 is 2.21 bits per heavy atom. The van der Waals surface area contributed by atoms with Crippen LogP contribution in [0.25, 0.3) is 0 Å². The molecule has 0 aliphatic rings. The van der Waals surface area contributed by atoms with Crippen molar-refractivity contribution < 1.29 is 27.4 Å². The number of ether oxygens (including phenoxy) is 3. The number of hydrogen-bond acceptors (Lipinski definition) is 6. The maximum absolute atomic E-state index is 12.8. The van der Waals surface area contributed by atoms with Gasteiger partial charge in [-0.3, -0.25) is 4.79 Å². The molecule has 0 unspecified atom stereocenters. The summed E-state index contributed by atoms with van der Waals surface area (Å²) in [7, 11) is 0.910. The Balaban J connectivity index is 1.57. The maximum atomic E-state index is 12.8. The quantitative estimate of drug-likeness (QED) is 0.487. The molecule has 0 fully saturated rings. The minimum atomic E-state index is -3.66. The first-order chi connectivity index (χ1) is 15.8. The van der Waals surface area contributed by atoms with Crippen LogP contribution in [0.5, 0.6) is 17.2 Å². The van der Waals surface area contributed by atoms with Gasteiger partial charge in [-0.2, -0.15) is 4.31 Å². The molecule has 0 aromatic heterocycles. The number of sulfonamides is 1. The number of hydrogen-bond donors (Lipinski definition) is 1. The minimum Gasteiger partial charge on any atom is -0.493 e. The van der Waals surface area contributed by atoms with Crippen LogP contribution in [-0.4, -0.2) is 46.5 Å². The van der Waals surface area contributed by atoms with Gasteiger partial charge in [0.05, 0.1) is 19.1 Å². The van der Waals surface area contributed by atoms with Crippen molar-refractivity contribution in [1.82, 2.24) is 4.31 Å². The molecule has 1 N–H and O–H groups in total. The van der Waals surface area contributed by atoms with Crippen LogP contribution in [0.2, 0.25) is 0 Å². The summed E-state index contributed by atoms with van der Waals surface area (Å²) < 4.78 is 42.8. The summed E-state index contributed by atoms with van der Waals surface area (Å²) in [5, 5.41) is 2.71. The van der Waals surface area contributed by atoms with Crippen molar-refractivity contribution in [2.24, 2.45) is 0 Å². The van der Waals surface area contributed by atoms with Crippen molar-refractivity contribution in [2.45, 2.75) is 11.4 Å². The summed E-state index contributed by atoms with van der Waals surface area (Å²) >= 11 is 0. The van der Waals surface area contributed by atoms with Crippen LogP contribution in [0.3, 0.4) is 0 Å². The molecule has 0 aliphatic heterocycles. The van der Waals surface area contributed by atoms with E-state index in [4.69, 9.17) is 14.2 Å². The van der Waals surface area contributed by atoms with E-state index in [1.165, 1.54) is 49.8 Å². The summed E-state index contributed by atoms with van der Waals surface area (Å²) in [5.74, 6) is 1.05. The van der Waals surface area contributed by atoms with E-state index in [2.05, 4.69) is 5.32 Å². The normalized spacial score (nSPS) is 11.2. The largest absolute Gasteiger partial charge is 0.493 e. The van der Waals surface area contributed by atoms with E-state index >= 15 is 0 Å². The topological polar surface area (TPSA) is 94.2 Å². The highest BCUT2D eigenvalue weighted by molar-refractivity contribution is 7.89. The van der Waals surface area contributed by atoms with Crippen LogP contribution in [0.15, 0.2) is 77.7 Å². The lowest BCUT2D eigenvalue weighted by atomic mass is 10.2. The number of carbonyl (C=O) groups excluding carboxylic acids is 1. The highest BCUT2D eigenvalue weighted by Crippen LogP contribution is 2.29. The monoisotopic (exact) mass is 470 g/mol. The molecule has 9 heteroatoms. The SMILES string of the molecule is COc1ccc(NC(=O)COc2ccc(S(=O)(=O)N(C)Cc3ccccc3)cc2)cc1OC. The summed E-state index contributed by atoms with van der Waals surface area (Å²) in [6.07, 6.45) is 0. The van der Waals surface area contributed by atoms with E-state index < -0.39 is 10.0 Å².